The first-order valence-electron chi connectivity index (χ1n) is 3.56. The van der Waals surface area contributed by atoms with Gasteiger partial charge in [-0.15, -0.1) is 0 Å². The van der Waals surface area contributed by atoms with Crippen molar-refractivity contribution in [3.05, 3.63) is 29.8 Å². The van der Waals surface area contributed by atoms with Gasteiger partial charge in [0.25, 0.3) is 0 Å². The van der Waals surface area contributed by atoms with Crippen molar-refractivity contribution in [2.24, 2.45) is 0 Å². The normalized spacial score (nSPS) is 9.64. The second-order valence-electron chi connectivity index (χ2n) is 2.14. The van der Waals surface area contributed by atoms with Gasteiger partial charge >= 0.3 is 0 Å². The van der Waals surface area contributed by atoms with Crippen molar-refractivity contribution < 1.29 is 9.13 Å². The summed E-state index contributed by atoms with van der Waals surface area (Å²) in [6.45, 7) is 1.23. The zero-order chi connectivity index (χ0) is 8.10. The standard InChI is InChI=1S/C9H10FO/c1-2-8-5-3-4-6-9(8)11-7-10/h4-6H,2,7H2,1H3. The molecule has 0 fully saturated rings. The Morgan fingerprint density at radius 1 is 1.64 bits per heavy atom. The fraction of sp³-hybridized carbons (Fsp3) is 0.333. The number of benzene rings is 1. The van der Waals surface area contributed by atoms with E-state index in [4.69, 9.17) is 4.74 Å². The summed E-state index contributed by atoms with van der Waals surface area (Å²) >= 11 is 0. The van der Waals surface area contributed by atoms with E-state index in [0.717, 1.165) is 12.0 Å². The zero-order valence-corrected chi connectivity index (χ0v) is 6.43. The largest absolute Gasteiger partial charge is 0.463 e. The molecular formula is C9H10FO. The highest BCUT2D eigenvalue weighted by molar-refractivity contribution is 5.32. The summed E-state index contributed by atoms with van der Waals surface area (Å²) in [4.78, 5) is 0. The van der Waals surface area contributed by atoms with Crippen LogP contribution in [0.25, 0.3) is 0 Å². The van der Waals surface area contributed by atoms with Crippen LogP contribution in [0.1, 0.15) is 12.5 Å². The number of hydrogen-bond acceptors (Lipinski definition) is 1. The van der Waals surface area contributed by atoms with Crippen molar-refractivity contribution >= 4 is 0 Å². The highest BCUT2D eigenvalue weighted by atomic mass is 19.1. The molecule has 1 rings (SSSR count). The van der Waals surface area contributed by atoms with E-state index in [1.165, 1.54) is 0 Å². The van der Waals surface area contributed by atoms with Gasteiger partial charge in [0.15, 0.2) is 0 Å². The minimum atomic E-state index is -0.767. The molecule has 0 atom stereocenters. The van der Waals surface area contributed by atoms with Crippen LogP contribution < -0.4 is 4.74 Å². The van der Waals surface area contributed by atoms with Gasteiger partial charge in [-0.25, -0.2) is 4.39 Å². The Hall–Kier alpha value is -1.05. The Bertz CT molecular complexity index is 223. The van der Waals surface area contributed by atoms with Crippen LogP contribution in [0.2, 0.25) is 0 Å². The molecule has 1 nitrogen and oxygen atoms in total. The maximum Gasteiger partial charge on any atom is 0.228 e. The Balaban J connectivity index is 2.83. The Labute approximate surface area is 65.8 Å². The van der Waals surface area contributed by atoms with Gasteiger partial charge in [0.05, 0.1) is 0 Å². The Morgan fingerprint density at radius 3 is 3.09 bits per heavy atom. The molecule has 11 heavy (non-hydrogen) atoms. The lowest BCUT2D eigenvalue weighted by molar-refractivity contribution is 0.190. The molecule has 0 unspecified atom stereocenters. The van der Waals surface area contributed by atoms with Crippen LogP contribution in [-0.4, -0.2) is 6.86 Å². The summed E-state index contributed by atoms with van der Waals surface area (Å²) in [7, 11) is 0. The highest BCUT2D eigenvalue weighted by Gasteiger charge is 1.98. The maximum atomic E-state index is 11.8. The van der Waals surface area contributed by atoms with Crippen LogP contribution in [-0.2, 0) is 6.42 Å². The molecule has 0 heterocycles. The third-order valence-corrected chi connectivity index (χ3v) is 1.50. The summed E-state index contributed by atoms with van der Waals surface area (Å²) in [6, 6.07) is 8.15. The molecule has 0 saturated carbocycles. The molecular weight excluding hydrogens is 143 g/mol. The van der Waals surface area contributed by atoms with Crippen molar-refractivity contribution in [3.63, 3.8) is 0 Å². The lowest BCUT2D eigenvalue weighted by Crippen LogP contribution is -1.93. The van der Waals surface area contributed by atoms with Crippen LogP contribution in [0, 0.1) is 6.07 Å². The van der Waals surface area contributed by atoms with E-state index >= 15 is 0 Å². The van der Waals surface area contributed by atoms with Crippen LogP contribution in [0.15, 0.2) is 18.2 Å². The van der Waals surface area contributed by atoms with Gasteiger partial charge in [-0.2, -0.15) is 0 Å². The van der Waals surface area contributed by atoms with Gasteiger partial charge in [0, 0.05) is 0 Å². The summed E-state index contributed by atoms with van der Waals surface area (Å²) in [5.74, 6) is 0.619. The number of hydrogen-bond donors (Lipinski definition) is 0. The van der Waals surface area contributed by atoms with Gasteiger partial charge < -0.3 is 4.74 Å². The molecule has 1 aromatic carbocycles. The topological polar surface area (TPSA) is 9.23 Å². The maximum absolute atomic E-state index is 11.8. The molecule has 1 radical (unpaired) electrons. The summed E-state index contributed by atoms with van der Waals surface area (Å²) in [5.41, 5.74) is 0.991. The highest BCUT2D eigenvalue weighted by Crippen LogP contribution is 2.17. The van der Waals surface area contributed by atoms with Crippen LogP contribution >= 0.6 is 0 Å². The van der Waals surface area contributed by atoms with Crippen LogP contribution in [0.5, 0.6) is 5.75 Å². The molecule has 1 aromatic rings. The number of aryl methyl sites for hydroxylation is 1. The van der Waals surface area contributed by atoms with E-state index in [1.807, 2.05) is 13.0 Å². The molecule has 2 heteroatoms. The molecule has 0 amide bonds. The van der Waals surface area contributed by atoms with Crippen molar-refractivity contribution in [1.29, 1.82) is 0 Å². The van der Waals surface area contributed by atoms with E-state index in [1.54, 1.807) is 12.1 Å². The SMILES string of the molecule is CCc1c[c]ccc1OCF. The average Bonchev–Trinajstić information content (AvgIpc) is 2.06. The molecule has 0 bridgehead atoms. The lowest BCUT2D eigenvalue weighted by atomic mass is 10.1. The summed E-state index contributed by atoms with van der Waals surface area (Å²) in [5, 5.41) is 0. The molecule has 0 aliphatic heterocycles. The molecule has 59 valence electrons. The molecule has 0 spiro atoms. The van der Waals surface area contributed by atoms with E-state index < -0.39 is 6.86 Å². The van der Waals surface area contributed by atoms with Crippen molar-refractivity contribution in [1.82, 2.24) is 0 Å². The third-order valence-electron chi connectivity index (χ3n) is 1.50. The molecule has 0 saturated heterocycles. The number of alkyl halides is 1. The number of ether oxygens (including phenoxy) is 1. The average molecular weight is 153 g/mol. The van der Waals surface area contributed by atoms with Gasteiger partial charge in [0.2, 0.25) is 6.86 Å². The molecule has 0 aliphatic carbocycles. The van der Waals surface area contributed by atoms with Crippen LogP contribution in [0.3, 0.4) is 0 Å². The number of halogens is 1. The van der Waals surface area contributed by atoms with E-state index in [-0.39, 0.29) is 0 Å². The fourth-order valence-corrected chi connectivity index (χ4v) is 0.927. The van der Waals surface area contributed by atoms with E-state index in [0.29, 0.717) is 5.75 Å². The second kappa shape index (κ2) is 3.96. The predicted octanol–water partition coefficient (Wildman–Crippen LogP) is 2.35. The van der Waals surface area contributed by atoms with Crippen molar-refractivity contribution in [3.8, 4) is 5.75 Å². The zero-order valence-electron chi connectivity index (χ0n) is 6.43. The minimum absolute atomic E-state index is 0.619. The fourth-order valence-electron chi connectivity index (χ4n) is 0.927. The first-order valence-corrected chi connectivity index (χ1v) is 3.56. The second-order valence-corrected chi connectivity index (χ2v) is 2.14. The number of rotatable bonds is 3. The van der Waals surface area contributed by atoms with Crippen LogP contribution in [0.4, 0.5) is 4.39 Å². The lowest BCUT2D eigenvalue weighted by Gasteiger charge is -2.05. The van der Waals surface area contributed by atoms with Gasteiger partial charge in [-0.3, -0.25) is 0 Å². The third kappa shape index (κ3) is 1.93. The molecule has 0 aliphatic rings. The smallest absolute Gasteiger partial charge is 0.228 e. The van der Waals surface area contributed by atoms with Gasteiger partial charge in [-0.05, 0) is 30.2 Å². The molecule has 0 N–H and O–H groups in total. The first kappa shape index (κ1) is 8.05. The van der Waals surface area contributed by atoms with Crippen molar-refractivity contribution in [2.75, 3.05) is 6.86 Å². The van der Waals surface area contributed by atoms with Crippen molar-refractivity contribution in [2.45, 2.75) is 13.3 Å². The predicted molar refractivity (Wildman–Crippen MR) is 41.3 cm³/mol. The van der Waals surface area contributed by atoms with E-state index in [9.17, 15) is 4.39 Å². The summed E-state index contributed by atoms with van der Waals surface area (Å²) in [6.07, 6.45) is 0.840. The first-order chi connectivity index (χ1) is 5.38. The Kier molecular flexibility index (Phi) is 2.90. The summed E-state index contributed by atoms with van der Waals surface area (Å²) < 4.78 is 16.5. The monoisotopic (exact) mass is 153 g/mol. The molecule has 0 aromatic heterocycles. The minimum Gasteiger partial charge on any atom is -0.463 e. The Morgan fingerprint density at radius 2 is 2.45 bits per heavy atom. The quantitative estimate of drug-likeness (QED) is 0.647. The van der Waals surface area contributed by atoms with E-state index in [2.05, 4.69) is 6.07 Å². The van der Waals surface area contributed by atoms with Gasteiger partial charge in [0.1, 0.15) is 5.75 Å². The van der Waals surface area contributed by atoms with Gasteiger partial charge in [-0.1, -0.05) is 13.0 Å².